The third-order valence-electron chi connectivity index (χ3n) is 3.77. The summed E-state index contributed by atoms with van der Waals surface area (Å²) in [5.74, 6) is -0.712. The van der Waals surface area contributed by atoms with E-state index >= 15 is 0 Å². The molecule has 0 aliphatic carbocycles. The summed E-state index contributed by atoms with van der Waals surface area (Å²) in [4.78, 5) is 26.0. The lowest BCUT2D eigenvalue weighted by Gasteiger charge is -2.14. The van der Waals surface area contributed by atoms with Crippen molar-refractivity contribution in [1.29, 1.82) is 0 Å². The number of rotatable bonds is 5. The van der Waals surface area contributed by atoms with Gasteiger partial charge in [0, 0.05) is 16.9 Å². The van der Waals surface area contributed by atoms with Crippen molar-refractivity contribution in [3.63, 3.8) is 0 Å². The Morgan fingerprint density at radius 3 is 2.42 bits per heavy atom. The van der Waals surface area contributed by atoms with E-state index in [0.29, 0.717) is 22.5 Å². The van der Waals surface area contributed by atoms with Crippen LogP contribution in [0.4, 0.5) is 17.2 Å². The van der Waals surface area contributed by atoms with Crippen LogP contribution in [0.1, 0.15) is 27.9 Å². The zero-order valence-corrected chi connectivity index (χ0v) is 14.0. The Morgan fingerprint density at radius 2 is 1.83 bits per heavy atom. The molecule has 24 heavy (non-hydrogen) atoms. The number of nitrogens with zero attached hydrogens (tertiary/aromatic N) is 2. The van der Waals surface area contributed by atoms with Gasteiger partial charge in [0.05, 0.1) is 11.3 Å². The Labute approximate surface area is 139 Å². The van der Waals surface area contributed by atoms with Gasteiger partial charge < -0.3 is 10.4 Å². The molecule has 2 N–H and O–H groups in total. The predicted octanol–water partition coefficient (Wildman–Crippen LogP) is 3.59. The molecular formula is C17H19N3O4. The molecule has 0 saturated carbocycles. The Hall–Kier alpha value is -2.96. The molecule has 0 radical (unpaired) electrons. The average Bonchev–Trinajstić information content (AvgIpc) is 2.42. The molecule has 2 rings (SSSR count). The van der Waals surface area contributed by atoms with Crippen molar-refractivity contribution in [2.45, 2.75) is 34.1 Å². The summed E-state index contributed by atoms with van der Waals surface area (Å²) < 4.78 is 0. The van der Waals surface area contributed by atoms with Crippen LogP contribution < -0.4 is 5.32 Å². The van der Waals surface area contributed by atoms with E-state index in [2.05, 4.69) is 10.3 Å². The molecular weight excluding hydrogens is 310 g/mol. The maximum absolute atomic E-state index is 11.3. The second-order valence-corrected chi connectivity index (χ2v) is 5.82. The first-order chi connectivity index (χ1) is 11.2. The zero-order chi connectivity index (χ0) is 18.0. The number of carbonyl (C=O) groups is 1. The third kappa shape index (κ3) is 3.68. The van der Waals surface area contributed by atoms with Gasteiger partial charge in [-0.05, 0) is 56.5 Å². The van der Waals surface area contributed by atoms with Gasteiger partial charge in [-0.1, -0.05) is 6.07 Å². The fourth-order valence-corrected chi connectivity index (χ4v) is 2.64. The summed E-state index contributed by atoms with van der Waals surface area (Å²) in [6, 6.07) is 5.23. The number of aliphatic carboxylic acids is 1. The second kappa shape index (κ2) is 6.66. The largest absolute Gasteiger partial charge is 0.481 e. The standard InChI is InChI=1S/C17H19N3O4/c1-9-7-14(10(2)6-13(9)8-15(21)22)19-17-16(20(23)24)11(3)5-12(4)18-17/h5-7H,8H2,1-4H3,(H,18,19)(H,21,22). The molecule has 1 aromatic carbocycles. The van der Waals surface area contributed by atoms with Crippen molar-refractivity contribution >= 4 is 23.2 Å². The Balaban J connectivity index is 2.47. The summed E-state index contributed by atoms with van der Waals surface area (Å²) in [5, 5.41) is 23.3. The highest BCUT2D eigenvalue weighted by atomic mass is 16.6. The van der Waals surface area contributed by atoms with Crippen LogP contribution in [-0.4, -0.2) is 21.0 Å². The lowest BCUT2D eigenvalue weighted by molar-refractivity contribution is -0.384. The van der Waals surface area contributed by atoms with Crippen LogP contribution in [0.5, 0.6) is 0 Å². The van der Waals surface area contributed by atoms with Crippen molar-refractivity contribution in [2.24, 2.45) is 0 Å². The first-order valence-electron chi connectivity index (χ1n) is 7.40. The van der Waals surface area contributed by atoms with E-state index < -0.39 is 10.9 Å². The van der Waals surface area contributed by atoms with Crippen molar-refractivity contribution < 1.29 is 14.8 Å². The highest BCUT2D eigenvalue weighted by Gasteiger charge is 2.20. The van der Waals surface area contributed by atoms with E-state index in [1.165, 1.54) is 0 Å². The molecule has 7 nitrogen and oxygen atoms in total. The van der Waals surface area contributed by atoms with Gasteiger partial charge in [-0.2, -0.15) is 0 Å². The van der Waals surface area contributed by atoms with Crippen LogP contribution in [0, 0.1) is 37.8 Å². The SMILES string of the molecule is Cc1cc(C)c([N+](=O)[O-])c(Nc2cc(C)c(CC(=O)O)cc2C)n1. The van der Waals surface area contributed by atoms with Gasteiger partial charge in [0.15, 0.2) is 0 Å². The smallest absolute Gasteiger partial charge is 0.314 e. The van der Waals surface area contributed by atoms with Crippen LogP contribution in [0.2, 0.25) is 0 Å². The molecule has 1 heterocycles. The van der Waals surface area contributed by atoms with Crippen molar-refractivity contribution in [3.8, 4) is 0 Å². The number of aryl methyl sites for hydroxylation is 4. The van der Waals surface area contributed by atoms with E-state index in [0.717, 1.165) is 11.1 Å². The van der Waals surface area contributed by atoms with Gasteiger partial charge in [-0.25, -0.2) is 4.98 Å². The van der Waals surface area contributed by atoms with Gasteiger partial charge >= 0.3 is 11.7 Å². The summed E-state index contributed by atoms with van der Waals surface area (Å²) in [7, 11) is 0. The summed E-state index contributed by atoms with van der Waals surface area (Å²) in [6.45, 7) is 7.08. The van der Waals surface area contributed by atoms with Crippen molar-refractivity contribution in [2.75, 3.05) is 5.32 Å². The second-order valence-electron chi connectivity index (χ2n) is 5.82. The number of carboxylic acids is 1. The fourth-order valence-electron chi connectivity index (χ4n) is 2.64. The number of pyridine rings is 1. The van der Waals surface area contributed by atoms with Crippen LogP contribution in [0.3, 0.4) is 0 Å². The first kappa shape index (κ1) is 17.4. The number of aromatic nitrogens is 1. The average molecular weight is 329 g/mol. The summed E-state index contributed by atoms with van der Waals surface area (Å²) >= 11 is 0. The number of hydrogen-bond acceptors (Lipinski definition) is 5. The van der Waals surface area contributed by atoms with Gasteiger partial charge in [-0.3, -0.25) is 14.9 Å². The predicted molar refractivity (Wildman–Crippen MR) is 90.9 cm³/mol. The van der Waals surface area contributed by atoms with E-state index in [4.69, 9.17) is 5.11 Å². The highest BCUT2D eigenvalue weighted by molar-refractivity contribution is 5.74. The van der Waals surface area contributed by atoms with Gasteiger partial charge in [0.25, 0.3) is 0 Å². The topological polar surface area (TPSA) is 105 Å². The maximum Gasteiger partial charge on any atom is 0.314 e. The number of nitrogens with one attached hydrogen (secondary N) is 1. The molecule has 0 saturated heterocycles. The normalized spacial score (nSPS) is 10.5. The Morgan fingerprint density at radius 1 is 1.17 bits per heavy atom. The lowest BCUT2D eigenvalue weighted by atomic mass is 10.0. The number of anilines is 2. The van der Waals surface area contributed by atoms with Crippen molar-refractivity contribution in [1.82, 2.24) is 4.98 Å². The minimum Gasteiger partial charge on any atom is -0.481 e. The van der Waals surface area contributed by atoms with Crippen molar-refractivity contribution in [3.05, 3.63) is 56.3 Å². The molecule has 0 spiro atoms. The molecule has 0 aliphatic rings. The molecule has 0 bridgehead atoms. The number of carboxylic acid groups (broad SMARTS) is 1. The molecule has 0 aliphatic heterocycles. The monoisotopic (exact) mass is 329 g/mol. The van der Waals surface area contributed by atoms with E-state index in [-0.39, 0.29) is 17.9 Å². The van der Waals surface area contributed by atoms with Gasteiger partial charge in [0.2, 0.25) is 5.82 Å². The number of benzene rings is 1. The van der Waals surface area contributed by atoms with Crippen LogP contribution in [-0.2, 0) is 11.2 Å². The van der Waals surface area contributed by atoms with Crippen LogP contribution >= 0.6 is 0 Å². The minimum absolute atomic E-state index is 0.0606. The molecule has 1 aromatic heterocycles. The quantitative estimate of drug-likeness (QED) is 0.641. The van der Waals surface area contributed by atoms with Gasteiger partial charge in [0.1, 0.15) is 0 Å². The number of nitro groups is 1. The molecule has 0 amide bonds. The maximum atomic E-state index is 11.3. The van der Waals surface area contributed by atoms with Crippen LogP contribution in [0.15, 0.2) is 18.2 Å². The first-order valence-corrected chi connectivity index (χ1v) is 7.40. The minimum atomic E-state index is -0.898. The molecule has 2 aromatic rings. The Kier molecular flexibility index (Phi) is 4.82. The summed E-state index contributed by atoms with van der Waals surface area (Å²) in [6.07, 6.45) is -0.0606. The lowest BCUT2D eigenvalue weighted by Crippen LogP contribution is -2.06. The Bertz CT molecular complexity index is 831. The zero-order valence-electron chi connectivity index (χ0n) is 14.0. The highest BCUT2D eigenvalue weighted by Crippen LogP contribution is 2.31. The molecule has 0 unspecified atom stereocenters. The molecule has 126 valence electrons. The van der Waals surface area contributed by atoms with Crippen LogP contribution in [0.25, 0.3) is 0 Å². The molecule has 7 heteroatoms. The fraction of sp³-hybridized carbons (Fsp3) is 0.294. The number of hydrogen-bond donors (Lipinski definition) is 2. The third-order valence-corrected chi connectivity index (χ3v) is 3.77. The van der Waals surface area contributed by atoms with E-state index in [9.17, 15) is 14.9 Å². The van der Waals surface area contributed by atoms with E-state index in [1.54, 1.807) is 32.0 Å². The molecule has 0 atom stereocenters. The summed E-state index contributed by atoms with van der Waals surface area (Å²) in [5.41, 5.74) is 4.14. The van der Waals surface area contributed by atoms with E-state index in [1.807, 2.05) is 13.8 Å². The molecule has 0 fully saturated rings. The van der Waals surface area contributed by atoms with Gasteiger partial charge in [-0.15, -0.1) is 0 Å².